The molecule has 2 aromatic rings. The standard InChI is InChI=1S/C48H73Cl3N8O8/c1-2-31-58(32-24-49)37-17-11-35(12-18-37)15-21-41(47(64)65)52-27-5-3-8-39-45(62)54-29-7-10-43(60)56-40(46(63)55-30-23-44(61)57-39)9-4-6-28-53-42(48(66)67)22-16-36-13-19-38(20-14-36)59(33-25-50)34-26-51/h11-14,17-20,39-42,52-53H,2-10,15-16,21-34H2,1H3,(H,54,62)(H,55,63)(H,56,60)(H,57,61)(H,64,65)(H,66,67)/t39-,40-,41+,42-/m0/s1. The van der Waals surface area contributed by atoms with Gasteiger partial charge in [-0.05, 0) is 126 Å². The lowest BCUT2D eigenvalue weighted by Gasteiger charge is -2.23. The van der Waals surface area contributed by atoms with Gasteiger partial charge in [-0.3, -0.25) is 28.8 Å². The third kappa shape index (κ3) is 22.5. The van der Waals surface area contributed by atoms with Gasteiger partial charge in [0.05, 0.1) is 0 Å². The fourth-order valence-corrected chi connectivity index (χ4v) is 8.50. The minimum Gasteiger partial charge on any atom is -0.480 e. The first-order chi connectivity index (χ1) is 32.4. The summed E-state index contributed by atoms with van der Waals surface area (Å²) in [5.74, 6) is -1.97. The molecule has 1 saturated heterocycles. The van der Waals surface area contributed by atoms with Gasteiger partial charge >= 0.3 is 11.9 Å². The van der Waals surface area contributed by atoms with E-state index in [-0.39, 0.29) is 37.7 Å². The highest BCUT2D eigenvalue weighted by Gasteiger charge is 2.25. The summed E-state index contributed by atoms with van der Waals surface area (Å²) in [6.07, 6.45) is 6.05. The Morgan fingerprint density at radius 3 is 1.46 bits per heavy atom. The molecular weight excluding hydrogens is 923 g/mol. The number of hydrogen-bond donors (Lipinski definition) is 8. The first-order valence-corrected chi connectivity index (χ1v) is 25.4. The summed E-state index contributed by atoms with van der Waals surface area (Å²) >= 11 is 17.9. The number of aliphatic carboxylic acids is 2. The van der Waals surface area contributed by atoms with Gasteiger partial charge in [-0.1, -0.05) is 31.2 Å². The molecule has 0 radical (unpaired) electrons. The van der Waals surface area contributed by atoms with E-state index in [1.54, 1.807) is 0 Å². The van der Waals surface area contributed by atoms with E-state index in [1.165, 1.54) is 0 Å². The summed E-state index contributed by atoms with van der Waals surface area (Å²) in [6, 6.07) is 12.9. The lowest BCUT2D eigenvalue weighted by molar-refractivity contribution is -0.140. The zero-order valence-electron chi connectivity index (χ0n) is 39.0. The van der Waals surface area contributed by atoms with Gasteiger partial charge in [0.1, 0.15) is 24.2 Å². The highest BCUT2D eigenvalue weighted by Crippen LogP contribution is 2.19. The van der Waals surface area contributed by atoms with E-state index in [0.717, 1.165) is 42.0 Å². The molecule has 374 valence electrons. The number of alkyl halides is 3. The van der Waals surface area contributed by atoms with Crippen molar-refractivity contribution < 1.29 is 39.0 Å². The van der Waals surface area contributed by atoms with Crippen molar-refractivity contribution in [1.29, 1.82) is 0 Å². The van der Waals surface area contributed by atoms with E-state index >= 15 is 0 Å². The monoisotopic (exact) mass is 994 g/mol. The van der Waals surface area contributed by atoms with Gasteiger partial charge in [0.2, 0.25) is 23.6 Å². The van der Waals surface area contributed by atoms with Gasteiger partial charge < -0.3 is 51.9 Å². The van der Waals surface area contributed by atoms with Crippen LogP contribution in [0.1, 0.15) is 95.1 Å². The van der Waals surface area contributed by atoms with Crippen LogP contribution in [0.3, 0.4) is 0 Å². The number of hydrogen-bond acceptors (Lipinski definition) is 10. The van der Waals surface area contributed by atoms with Crippen LogP contribution in [0.15, 0.2) is 48.5 Å². The normalized spacial score (nSPS) is 17.2. The number of amides is 4. The Labute approximate surface area is 411 Å². The quantitative estimate of drug-likeness (QED) is 0.0391. The smallest absolute Gasteiger partial charge is 0.320 e. The molecule has 0 saturated carbocycles. The molecule has 1 aliphatic heterocycles. The predicted molar refractivity (Wildman–Crippen MR) is 267 cm³/mol. The van der Waals surface area contributed by atoms with Crippen LogP contribution < -0.4 is 41.7 Å². The third-order valence-electron chi connectivity index (χ3n) is 11.7. The lowest BCUT2D eigenvalue weighted by Crippen LogP contribution is -2.48. The molecule has 0 aliphatic carbocycles. The second-order valence-electron chi connectivity index (χ2n) is 16.8. The van der Waals surface area contributed by atoms with Crippen LogP contribution in [-0.2, 0) is 41.6 Å². The van der Waals surface area contributed by atoms with E-state index in [1.807, 2.05) is 48.5 Å². The van der Waals surface area contributed by atoms with E-state index in [0.29, 0.717) is 114 Å². The Morgan fingerprint density at radius 2 is 1.04 bits per heavy atom. The minimum atomic E-state index is -0.950. The molecule has 4 atom stereocenters. The van der Waals surface area contributed by atoms with Crippen molar-refractivity contribution in [2.75, 3.05) is 79.8 Å². The second kappa shape index (κ2) is 33.2. The number of benzene rings is 2. The average Bonchev–Trinajstić information content (AvgIpc) is 3.31. The molecule has 16 nitrogen and oxygen atoms in total. The Balaban J connectivity index is 1.42. The lowest BCUT2D eigenvalue weighted by atomic mass is 10.0. The molecule has 1 aliphatic rings. The average molecular weight is 997 g/mol. The fourth-order valence-electron chi connectivity index (χ4n) is 7.89. The first kappa shape index (κ1) is 57.0. The second-order valence-corrected chi connectivity index (χ2v) is 17.9. The molecule has 0 unspecified atom stereocenters. The number of rotatable bonds is 30. The zero-order chi connectivity index (χ0) is 48.8. The van der Waals surface area contributed by atoms with Crippen LogP contribution in [0.2, 0.25) is 0 Å². The number of carbonyl (C=O) groups is 6. The summed E-state index contributed by atoms with van der Waals surface area (Å²) in [6.45, 7) is 6.12. The Morgan fingerprint density at radius 1 is 0.627 bits per heavy atom. The van der Waals surface area contributed by atoms with Gasteiger partial charge in [0.25, 0.3) is 0 Å². The topological polar surface area (TPSA) is 222 Å². The molecule has 19 heteroatoms. The molecule has 3 rings (SSSR count). The van der Waals surface area contributed by atoms with Crippen molar-refractivity contribution in [2.24, 2.45) is 0 Å². The van der Waals surface area contributed by atoms with Gasteiger partial charge in [0, 0.05) is 81.1 Å². The number of unbranched alkanes of at least 4 members (excludes halogenated alkanes) is 2. The van der Waals surface area contributed by atoms with Crippen molar-refractivity contribution in [2.45, 2.75) is 121 Å². The summed E-state index contributed by atoms with van der Waals surface area (Å²) in [5.41, 5.74) is 4.14. The largest absolute Gasteiger partial charge is 0.480 e. The maximum atomic E-state index is 13.2. The molecule has 0 aromatic heterocycles. The van der Waals surface area contributed by atoms with E-state index in [2.05, 4.69) is 48.6 Å². The van der Waals surface area contributed by atoms with E-state index in [4.69, 9.17) is 34.8 Å². The molecule has 1 heterocycles. The van der Waals surface area contributed by atoms with Crippen molar-refractivity contribution in [1.82, 2.24) is 31.9 Å². The number of nitrogens with one attached hydrogen (secondary N) is 6. The Bertz CT molecular complexity index is 1780. The molecular formula is C48H73Cl3N8O8. The number of carboxylic acid groups (broad SMARTS) is 2. The number of nitrogens with zero attached hydrogens (tertiary/aromatic N) is 2. The van der Waals surface area contributed by atoms with Crippen molar-refractivity contribution in [3.63, 3.8) is 0 Å². The number of carbonyl (C=O) groups excluding carboxylic acids is 4. The van der Waals surface area contributed by atoms with Crippen molar-refractivity contribution >= 4 is 81.7 Å². The molecule has 67 heavy (non-hydrogen) atoms. The molecule has 0 spiro atoms. The molecule has 4 amide bonds. The fraction of sp³-hybridized carbons (Fsp3) is 0.625. The van der Waals surface area contributed by atoms with Crippen LogP contribution in [0, 0.1) is 0 Å². The third-order valence-corrected chi connectivity index (χ3v) is 12.2. The number of aryl methyl sites for hydroxylation is 2. The SMILES string of the molecule is CCCN(CCCl)c1ccc(CC[C@@H](NCCCC[C@@H]2NC(=O)CCNC(=O)[C@H](CCCCN[C@@H](CCc3ccc(N(CCCl)CCCl)cc3)C(=O)O)NC(=O)CCCNC2=O)C(=O)O)cc1. The molecule has 0 bridgehead atoms. The summed E-state index contributed by atoms with van der Waals surface area (Å²) in [7, 11) is 0. The molecule has 1 fully saturated rings. The summed E-state index contributed by atoms with van der Waals surface area (Å²) < 4.78 is 0. The molecule has 2 aromatic carbocycles. The maximum Gasteiger partial charge on any atom is 0.320 e. The van der Waals surface area contributed by atoms with E-state index < -0.39 is 47.9 Å². The van der Waals surface area contributed by atoms with Gasteiger partial charge in [0.15, 0.2) is 0 Å². The van der Waals surface area contributed by atoms with Crippen LogP contribution in [0.4, 0.5) is 11.4 Å². The predicted octanol–water partition coefficient (Wildman–Crippen LogP) is 4.80. The number of halogens is 3. The van der Waals surface area contributed by atoms with Gasteiger partial charge in [-0.25, -0.2) is 0 Å². The van der Waals surface area contributed by atoms with Gasteiger partial charge in [-0.2, -0.15) is 0 Å². The van der Waals surface area contributed by atoms with Crippen LogP contribution >= 0.6 is 34.8 Å². The van der Waals surface area contributed by atoms with Crippen molar-refractivity contribution in [3.8, 4) is 0 Å². The van der Waals surface area contributed by atoms with E-state index in [9.17, 15) is 39.0 Å². The van der Waals surface area contributed by atoms with Crippen LogP contribution in [0.5, 0.6) is 0 Å². The Hall–Kier alpha value is -4.35. The first-order valence-electron chi connectivity index (χ1n) is 23.8. The Kier molecular flexibility index (Phi) is 28.2. The zero-order valence-corrected chi connectivity index (χ0v) is 41.2. The summed E-state index contributed by atoms with van der Waals surface area (Å²) in [4.78, 5) is 80.7. The highest BCUT2D eigenvalue weighted by molar-refractivity contribution is 6.18. The minimum absolute atomic E-state index is 0.00891. The molecule has 8 N–H and O–H groups in total. The number of carboxylic acids is 2. The van der Waals surface area contributed by atoms with Crippen LogP contribution in [-0.4, -0.2) is 140 Å². The van der Waals surface area contributed by atoms with Crippen LogP contribution in [0.25, 0.3) is 0 Å². The van der Waals surface area contributed by atoms with Crippen molar-refractivity contribution in [3.05, 3.63) is 59.7 Å². The highest BCUT2D eigenvalue weighted by atomic mass is 35.5. The maximum absolute atomic E-state index is 13.2. The summed E-state index contributed by atoms with van der Waals surface area (Å²) in [5, 5.41) is 37.1. The van der Waals surface area contributed by atoms with Gasteiger partial charge in [-0.15, -0.1) is 34.8 Å². The number of anilines is 2.